The van der Waals surface area contributed by atoms with E-state index in [0.29, 0.717) is 5.75 Å². The number of carbonyl (C=O) groups is 2. The molecule has 0 spiro atoms. The van der Waals surface area contributed by atoms with Crippen LogP contribution in [-0.2, 0) is 10.2 Å². The Balaban J connectivity index is 1.91. The topological polar surface area (TPSA) is 82.1 Å². The minimum atomic E-state index is -0.961. The maximum atomic E-state index is 12.3. The lowest BCUT2D eigenvalue weighted by atomic mass is 9.77. The first-order valence-corrected chi connectivity index (χ1v) is 9.28. The van der Waals surface area contributed by atoms with Crippen LogP contribution in [-0.4, -0.2) is 24.3 Å². The van der Waals surface area contributed by atoms with Crippen molar-refractivity contribution in [1.29, 1.82) is 0 Å². The van der Waals surface area contributed by atoms with Crippen LogP contribution in [0.4, 0.5) is 4.79 Å². The van der Waals surface area contributed by atoms with E-state index in [2.05, 4.69) is 0 Å². The summed E-state index contributed by atoms with van der Waals surface area (Å²) in [5.41, 5.74) is 1.36. The highest BCUT2D eigenvalue weighted by atomic mass is 16.7. The van der Waals surface area contributed by atoms with Gasteiger partial charge in [0.2, 0.25) is 0 Å². The summed E-state index contributed by atoms with van der Waals surface area (Å²) in [7, 11) is 1.26. The van der Waals surface area contributed by atoms with Crippen LogP contribution in [0.2, 0.25) is 0 Å². The molecule has 0 atom stereocenters. The summed E-state index contributed by atoms with van der Waals surface area (Å²) in [5, 5.41) is 9.55. The SMILES string of the molecule is COC(=O)c1cc(C(C)(C)c2ccc(O)cc2)ccc1OC(=O)Oc1ccccc1. The second kappa shape index (κ2) is 8.69. The number of methoxy groups -OCH3 is 1. The molecule has 0 saturated heterocycles. The van der Waals surface area contributed by atoms with Crippen LogP contribution in [0.1, 0.15) is 35.3 Å². The standard InChI is InChI=1S/C24H22O6/c1-24(2,16-9-12-18(25)13-10-16)17-11-14-21(20(15-17)22(26)28-3)30-23(27)29-19-7-5-4-6-8-19/h4-15,25H,1-3H3. The number of hydrogen-bond acceptors (Lipinski definition) is 6. The summed E-state index contributed by atoms with van der Waals surface area (Å²) in [6, 6.07) is 20.3. The van der Waals surface area contributed by atoms with Crippen LogP contribution < -0.4 is 9.47 Å². The van der Waals surface area contributed by atoms with Crippen LogP contribution in [0.3, 0.4) is 0 Å². The molecule has 0 amide bonds. The van der Waals surface area contributed by atoms with Crippen LogP contribution in [0.15, 0.2) is 72.8 Å². The van der Waals surface area contributed by atoms with Gasteiger partial charge in [-0.1, -0.05) is 50.2 Å². The van der Waals surface area contributed by atoms with Crippen molar-refractivity contribution in [3.05, 3.63) is 89.5 Å². The van der Waals surface area contributed by atoms with E-state index in [9.17, 15) is 14.7 Å². The molecule has 0 aliphatic carbocycles. The number of carbonyl (C=O) groups excluding carboxylic acids is 2. The number of rotatable bonds is 5. The zero-order valence-corrected chi connectivity index (χ0v) is 16.9. The Bertz CT molecular complexity index is 1040. The first-order valence-electron chi connectivity index (χ1n) is 9.28. The lowest BCUT2D eigenvalue weighted by Gasteiger charge is -2.27. The molecule has 30 heavy (non-hydrogen) atoms. The van der Waals surface area contributed by atoms with Gasteiger partial charge in [-0.15, -0.1) is 0 Å². The van der Waals surface area contributed by atoms with E-state index in [1.165, 1.54) is 13.2 Å². The zero-order valence-electron chi connectivity index (χ0n) is 16.9. The Morgan fingerprint density at radius 3 is 2.10 bits per heavy atom. The summed E-state index contributed by atoms with van der Waals surface area (Å²) in [4.78, 5) is 24.5. The van der Waals surface area contributed by atoms with Gasteiger partial charge in [-0.25, -0.2) is 9.59 Å². The molecule has 6 nitrogen and oxygen atoms in total. The van der Waals surface area contributed by atoms with Crippen LogP contribution in [0, 0.1) is 0 Å². The number of hydrogen-bond donors (Lipinski definition) is 1. The average Bonchev–Trinajstić information content (AvgIpc) is 2.74. The average molecular weight is 406 g/mol. The van der Waals surface area contributed by atoms with Crippen molar-refractivity contribution in [2.24, 2.45) is 0 Å². The Labute approximate surface area is 174 Å². The Morgan fingerprint density at radius 1 is 0.833 bits per heavy atom. The molecule has 0 radical (unpaired) electrons. The summed E-state index contributed by atoms with van der Waals surface area (Å²) in [6.07, 6.45) is -0.961. The third-order valence-corrected chi connectivity index (χ3v) is 4.83. The van der Waals surface area contributed by atoms with Gasteiger partial charge in [-0.05, 0) is 47.5 Å². The molecule has 3 aromatic carbocycles. The molecule has 154 valence electrons. The molecule has 0 aliphatic rings. The number of esters is 1. The van der Waals surface area contributed by atoms with Crippen molar-refractivity contribution in [1.82, 2.24) is 0 Å². The smallest absolute Gasteiger partial charge is 0.508 e. The van der Waals surface area contributed by atoms with E-state index in [1.54, 1.807) is 54.6 Å². The number of ether oxygens (including phenoxy) is 3. The lowest BCUT2D eigenvalue weighted by molar-refractivity contribution is 0.0597. The molecule has 0 bridgehead atoms. The second-order valence-corrected chi connectivity index (χ2v) is 7.14. The van der Waals surface area contributed by atoms with Gasteiger partial charge >= 0.3 is 12.1 Å². The number of phenols is 1. The normalized spacial score (nSPS) is 10.9. The molecule has 3 rings (SSSR count). The first kappa shape index (κ1) is 20.9. The number of benzene rings is 3. The fourth-order valence-corrected chi connectivity index (χ4v) is 3.02. The van der Waals surface area contributed by atoms with E-state index in [1.807, 2.05) is 26.0 Å². The lowest BCUT2D eigenvalue weighted by Crippen LogP contribution is -2.21. The predicted molar refractivity (Wildman–Crippen MR) is 111 cm³/mol. The van der Waals surface area contributed by atoms with Crippen LogP contribution in [0.25, 0.3) is 0 Å². The van der Waals surface area contributed by atoms with Crippen LogP contribution in [0.5, 0.6) is 17.2 Å². The monoisotopic (exact) mass is 406 g/mol. The molecule has 0 saturated carbocycles. The predicted octanol–water partition coefficient (Wildman–Crippen LogP) is 5.08. The molecular formula is C24H22O6. The molecule has 0 aromatic heterocycles. The van der Waals surface area contributed by atoms with Gasteiger partial charge < -0.3 is 19.3 Å². The van der Waals surface area contributed by atoms with Crippen LogP contribution >= 0.6 is 0 Å². The van der Waals surface area contributed by atoms with E-state index in [0.717, 1.165) is 11.1 Å². The Kier molecular flexibility index (Phi) is 6.06. The van der Waals surface area contributed by atoms with Gasteiger partial charge in [0.15, 0.2) is 0 Å². The second-order valence-electron chi connectivity index (χ2n) is 7.14. The quantitative estimate of drug-likeness (QED) is 0.470. The molecule has 3 aromatic rings. The van der Waals surface area contributed by atoms with E-state index in [-0.39, 0.29) is 17.1 Å². The van der Waals surface area contributed by atoms with Gasteiger partial charge in [0, 0.05) is 5.41 Å². The minimum absolute atomic E-state index is 0.0352. The van der Waals surface area contributed by atoms with Gasteiger partial charge in [0.25, 0.3) is 0 Å². The molecule has 0 fully saturated rings. The van der Waals surface area contributed by atoms with E-state index in [4.69, 9.17) is 14.2 Å². The first-order chi connectivity index (χ1) is 14.3. The van der Waals surface area contributed by atoms with Gasteiger partial charge in [-0.3, -0.25) is 0 Å². The summed E-state index contributed by atoms with van der Waals surface area (Å²) >= 11 is 0. The van der Waals surface area contributed by atoms with E-state index < -0.39 is 17.5 Å². The Morgan fingerprint density at radius 2 is 1.47 bits per heavy atom. The summed E-state index contributed by atoms with van der Waals surface area (Å²) in [5.74, 6) is -0.105. The number of phenolic OH excluding ortho intramolecular Hbond substituents is 1. The fraction of sp³-hybridized carbons (Fsp3) is 0.167. The van der Waals surface area contributed by atoms with Gasteiger partial charge in [-0.2, -0.15) is 0 Å². The highest BCUT2D eigenvalue weighted by Gasteiger charge is 2.27. The maximum absolute atomic E-state index is 12.3. The van der Waals surface area contributed by atoms with Crippen molar-refractivity contribution >= 4 is 12.1 Å². The third kappa shape index (κ3) is 4.60. The highest BCUT2D eigenvalue weighted by molar-refractivity contribution is 5.93. The third-order valence-electron chi connectivity index (χ3n) is 4.83. The molecule has 6 heteroatoms. The number of para-hydroxylation sites is 1. The van der Waals surface area contributed by atoms with Crippen molar-refractivity contribution in [3.8, 4) is 17.2 Å². The van der Waals surface area contributed by atoms with E-state index >= 15 is 0 Å². The molecule has 0 unspecified atom stereocenters. The largest absolute Gasteiger partial charge is 0.519 e. The van der Waals surface area contributed by atoms with Crippen molar-refractivity contribution in [2.75, 3.05) is 7.11 Å². The van der Waals surface area contributed by atoms with Crippen molar-refractivity contribution in [3.63, 3.8) is 0 Å². The fourth-order valence-electron chi connectivity index (χ4n) is 3.02. The van der Waals surface area contributed by atoms with Crippen molar-refractivity contribution < 1.29 is 28.9 Å². The van der Waals surface area contributed by atoms with Gasteiger partial charge in [0.05, 0.1) is 7.11 Å². The molecule has 0 aliphatic heterocycles. The van der Waals surface area contributed by atoms with Gasteiger partial charge in [0.1, 0.15) is 22.8 Å². The Hall–Kier alpha value is -3.80. The molecule has 1 N–H and O–H groups in total. The summed E-state index contributed by atoms with van der Waals surface area (Å²) < 4.78 is 15.3. The highest BCUT2D eigenvalue weighted by Crippen LogP contribution is 2.35. The van der Waals surface area contributed by atoms with Crippen molar-refractivity contribution in [2.45, 2.75) is 19.3 Å². The maximum Gasteiger partial charge on any atom is 0.519 e. The minimum Gasteiger partial charge on any atom is -0.508 e. The molecule has 0 heterocycles. The number of aromatic hydroxyl groups is 1. The summed E-state index contributed by atoms with van der Waals surface area (Å²) in [6.45, 7) is 3.97. The molecular weight excluding hydrogens is 384 g/mol. The zero-order chi connectivity index (χ0) is 21.7.